The minimum atomic E-state index is -1.20. The van der Waals surface area contributed by atoms with Crippen LogP contribution in [0.4, 0.5) is 4.39 Å². The molecule has 0 spiro atoms. The molecule has 0 atom stereocenters. The van der Waals surface area contributed by atoms with Crippen molar-refractivity contribution in [2.45, 2.75) is 6.54 Å². The molecule has 1 aromatic carbocycles. The van der Waals surface area contributed by atoms with Crippen LogP contribution in [0.5, 0.6) is 5.75 Å². The molecule has 0 fully saturated rings. The number of halogens is 1. The van der Waals surface area contributed by atoms with Crippen LogP contribution in [0.1, 0.15) is 16.1 Å². The van der Waals surface area contributed by atoms with Crippen molar-refractivity contribution in [1.29, 1.82) is 0 Å². The molecule has 0 unspecified atom stereocenters. The molecule has 0 saturated heterocycles. The lowest BCUT2D eigenvalue weighted by Gasteiger charge is -2.08. The summed E-state index contributed by atoms with van der Waals surface area (Å²) in [6, 6.07) is 7.93. The van der Waals surface area contributed by atoms with Crippen molar-refractivity contribution in [3.05, 3.63) is 59.8 Å². The van der Waals surface area contributed by atoms with Gasteiger partial charge in [0.25, 0.3) is 5.91 Å². The van der Waals surface area contributed by atoms with E-state index in [1.807, 2.05) is 0 Å². The summed E-state index contributed by atoms with van der Waals surface area (Å²) in [7, 11) is 0. The third-order valence-electron chi connectivity index (χ3n) is 3.72. The van der Waals surface area contributed by atoms with Gasteiger partial charge in [0, 0.05) is 17.1 Å². The van der Waals surface area contributed by atoms with Gasteiger partial charge in [0.2, 0.25) is 0 Å². The molecule has 1 amide bonds. The number of carbonyl (C=O) groups is 2. The highest BCUT2D eigenvalue weighted by Gasteiger charge is 2.18. The highest BCUT2D eigenvalue weighted by atomic mass is 19.1. The van der Waals surface area contributed by atoms with Crippen LogP contribution in [0.2, 0.25) is 0 Å². The fourth-order valence-electron chi connectivity index (χ4n) is 2.50. The predicted molar refractivity (Wildman–Crippen MR) is 86.9 cm³/mol. The number of aromatic nitrogens is 2. The summed E-state index contributed by atoms with van der Waals surface area (Å²) in [6.07, 6.45) is 3.03. The molecule has 0 aliphatic heterocycles. The molecule has 25 heavy (non-hydrogen) atoms. The topological polar surface area (TPSA) is 104 Å². The van der Waals surface area contributed by atoms with E-state index in [2.05, 4.69) is 10.3 Å². The summed E-state index contributed by atoms with van der Waals surface area (Å²) in [6.45, 7) is -0.339. The Labute approximate surface area is 141 Å². The van der Waals surface area contributed by atoms with E-state index in [1.54, 1.807) is 35.0 Å². The first-order valence-corrected chi connectivity index (χ1v) is 7.37. The number of benzene rings is 1. The molecule has 7 nitrogen and oxygen atoms in total. The molecule has 128 valence electrons. The Morgan fingerprint density at radius 2 is 2.00 bits per heavy atom. The van der Waals surface area contributed by atoms with Crippen LogP contribution in [0.3, 0.4) is 0 Å². The minimum absolute atomic E-state index is 0.238. The number of carboxylic acid groups (broad SMARTS) is 1. The van der Waals surface area contributed by atoms with Crippen molar-refractivity contribution in [2.24, 2.45) is 0 Å². The quantitative estimate of drug-likeness (QED) is 0.655. The van der Waals surface area contributed by atoms with Gasteiger partial charge in [-0.2, -0.15) is 0 Å². The van der Waals surface area contributed by atoms with Crippen LogP contribution in [-0.4, -0.2) is 38.2 Å². The monoisotopic (exact) mass is 343 g/mol. The lowest BCUT2D eigenvalue weighted by molar-refractivity contribution is -0.135. The van der Waals surface area contributed by atoms with Gasteiger partial charge in [0.15, 0.2) is 11.4 Å². The van der Waals surface area contributed by atoms with Crippen LogP contribution in [-0.2, 0) is 11.3 Å². The number of nitrogens with zero attached hydrogens (tertiary/aromatic N) is 2. The number of amides is 1. The Hall–Kier alpha value is -3.42. The first-order chi connectivity index (χ1) is 12.0. The maximum atomic E-state index is 13.8. The van der Waals surface area contributed by atoms with Gasteiger partial charge < -0.3 is 20.1 Å². The molecule has 0 saturated carbocycles. The average Bonchev–Trinajstić information content (AvgIpc) is 2.99. The number of fused-ring (bicyclic) bond motifs is 1. The molecular formula is C17H14FN3O4. The van der Waals surface area contributed by atoms with Gasteiger partial charge in [0.05, 0.1) is 18.3 Å². The second-order valence-corrected chi connectivity index (χ2v) is 5.37. The maximum absolute atomic E-state index is 13.8. The third kappa shape index (κ3) is 3.27. The fraction of sp³-hybridized carbons (Fsp3) is 0.118. The van der Waals surface area contributed by atoms with E-state index in [0.717, 1.165) is 0 Å². The van der Waals surface area contributed by atoms with E-state index in [0.29, 0.717) is 16.5 Å². The number of carbonyl (C=O) groups excluding carboxylic acids is 1. The van der Waals surface area contributed by atoms with E-state index in [-0.39, 0.29) is 23.8 Å². The second-order valence-electron chi connectivity index (χ2n) is 5.37. The van der Waals surface area contributed by atoms with E-state index in [4.69, 9.17) is 5.11 Å². The Bertz CT molecular complexity index is 968. The summed E-state index contributed by atoms with van der Waals surface area (Å²) in [5.74, 6) is -2.69. The third-order valence-corrected chi connectivity index (χ3v) is 3.72. The van der Waals surface area contributed by atoms with Crippen LogP contribution in [0.15, 0.2) is 42.7 Å². The maximum Gasteiger partial charge on any atom is 0.322 e. The molecule has 0 aliphatic rings. The van der Waals surface area contributed by atoms with Crippen LogP contribution >= 0.6 is 0 Å². The van der Waals surface area contributed by atoms with Crippen molar-refractivity contribution >= 4 is 22.8 Å². The molecule has 0 radical (unpaired) electrons. The number of rotatable bonds is 5. The van der Waals surface area contributed by atoms with E-state index in [1.165, 1.54) is 12.3 Å². The van der Waals surface area contributed by atoms with Gasteiger partial charge in [-0.05, 0) is 12.1 Å². The number of pyridine rings is 1. The van der Waals surface area contributed by atoms with Gasteiger partial charge in [-0.15, -0.1) is 0 Å². The lowest BCUT2D eigenvalue weighted by Crippen LogP contribution is -2.29. The van der Waals surface area contributed by atoms with E-state index < -0.39 is 18.4 Å². The summed E-state index contributed by atoms with van der Waals surface area (Å²) >= 11 is 0. The zero-order chi connectivity index (χ0) is 18.0. The minimum Gasteiger partial charge on any atom is -0.505 e. The van der Waals surface area contributed by atoms with Crippen LogP contribution in [0, 0.1) is 5.82 Å². The first kappa shape index (κ1) is 16.4. The summed E-state index contributed by atoms with van der Waals surface area (Å²) in [5, 5.41) is 21.4. The van der Waals surface area contributed by atoms with Crippen LogP contribution < -0.4 is 5.32 Å². The van der Waals surface area contributed by atoms with Gasteiger partial charge in [-0.3, -0.25) is 9.59 Å². The Kier molecular flexibility index (Phi) is 4.34. The van der Waals surface area contributed by atoms with E-state index >= 15 is 0 Å². The predicted octanol–water partition coefficient (Wildman–Crippen LogP) is 1.74. The molecular weight excluding hydrogens is 329 g/mol. The summed E-state index contributed by atoms with van der Waals surface area (Å²) < 4.78 is 15.5. The number of nitrogens with one attached hydrogen (secondary N) is 1. The number of hydrogen-bond donors (Lipinski definition) is 3. The fourth-order valence-corrected chi connectivity index (χ4v) is 2.50. The number of aromatic hydroxyl groups is 1. The molecule has 3 aromatic rings. The lowest BCUT2D eigenvalue weighted by atomic mass is 10.2. The number of carboxylic acids is 1. The second kappa shape index (κ2) is 6.60. The molecule has 0 bridgehead atoms. The van der Waals surface area contributed by atoms with Gasteiger partial charge in [-0.1, -0.05) is 18.2 Å². The molecule has 3 rings (SSSR count). The molecule has 2 aromatic heterocycles. The summed E-state index contributed by atoms with van der Waals surface area (Å²) in [5.41, 5.74) is 0.732. The highest BCUT2D eigenvalue weighted by molar-refractivity contribution is 6.01. The van der Waals surface area contributed by atoms with Crippen LogP contribution in [0.25, 0.3) is 10.9 Å². The molecule has 2 heterocycles. The van der Waals surface area contributed by atoms with Crippen molar-refractivity contribution in [3.8, 4) is 5.75 Å². The van der Waals surface area contributed by atoms with Gasteiger partial charge in [-0.25, -0.2) is 9.37 Å². The Morgan fingerprint density at radius 1 is 1.24 bits per heavy atom. The standard InChI is InChI=1S/C17H14FN3O4/c18-12-4-2-1-3-10(12)9-21-6-5-11-13(21)7-19-15(16(11)24)17(25)20-8-14(22)23/h1-7,24H,8-9H2,(H,20,25)(H,22,23). The van der Waals surface area contributed by atoms with Gasteiger partial charge >= 0.3 is 5.97 Å². The number of hydrogen-bond acceptors (Lipinski definition) is 4. The van der Waals surface area contributed by atoms with Crippen molar-refractivity contribution in [2.75, 3.05) is 6.54 Å². The normalized spacial score (nSPS) is 10.8. The highest BCUT2D eigenvalue weighted by Crippen LogP contribution is 2.28. The smallest absolute Gasteiger partial charge is 0.322 e. The molecule has 8 heteroatoms. The Morgan fingerprint density at radius 3 is 2.72 bits per heavy atom. The van der Waals surface area contributed by atoms with Crippen molar-refractivity contribution in [1.82, 2.24) is 14.9 Å². The first-order valence-electron chi connectivity index (χ1n) is 7.37. The largest absolute Gasteiger partial charge is 0.505 e. The van der Waals surface area contributed by atoms with E-state index in [9.17, 15) is 19.1 Å². The molecule has 0 aliphatic carbocycles. The summed E-state index contributed by atoms with van der Waals surface area (Å²) in [4.78, 5) is 26.3. The number of aliphatic carboxylic acids is 1. The van der Waals surface area contributed by atoms with Gasteiger partial charge in [0.1, 0.15) is 12.4 Å². The van der Waals surface area contributed by atoms with Crippen molar-refractivity contribution < 1.29 is 24.2 Å². The van der Waals surface area contributed by atoms with Crippen molar-refractivity contribution in [3.63, 3.8) is 0 Å². The zero-order valence-electron chi connectivity index (χ0n) is 12.9. The SMILES string of the molecule is O=C(O)CNC(=O)c1ncc2c(ccn2Cc2ccccc2F)c1O. The molecule has 3 N–H and O–H groups in total. The zero-order valence-corrected chi connectivity index (χ0v) is 12.9. The average molecular weight is 343 g/mol. The Balaban J connectivity index is 1.92.